The fourth-order valence-electron chi connectivity index (χ4n) is 4.28. The molecule has 5 rings (SSSR count). The van der Waals surface area contributed by atoms with E-state index in [1.165, 1.54) is 0 Å². The van der Waals surface area contributed by atoms with Gasteiger partial charge in [-0.2, -0.15) is 4.98 Å². The van der Waals surface area contributed by atoms with E-state index in [4.69, 9.17) is 4.52 Å². The summed E-state index contributed by atoms with van der Waals surface area (Å²) in [6.07, 6.45) is 4.06. The molecule has 1 saturated heterocycles. The summed E-state index contributed by atoms with van der Waals surface area (Å²) in [4.78, 5) is 43.7. The summed E-state index contributed by atoms with van der Waals surface area (Å²) in [5, 5.41) is 4.46. The zero-order valence-electron chi connectivity index (χ0n) is 20.1. The Bertz CT molecular complexity index is 1430. The lowest BCUT2D eigenvalue weighted by Gasteiger charge is -2.35. The number of aromatic nitrogens is 5. The number of pyridine rings is 3. The fourth-order valence-corrected chi connectivity index (χ4v) is 4.28. The van der Waals surface area contributed by atoms with Crippen molar-refractivity contribution >= 4 is 22.8 Å². The van der Waals surface area contributed by atoms with E-state index in [0.717, 1.165) is 17.1 Å². The molecule has 10 nitrogen and oxygen atoms in total. The Hall–Kier alpha value is -4.08. The van der Waals surface area contributed by atoms with Crippen molar-refractivity contribution in [3.05, 3.63) is 64.0 Å². The highest BCUT2D eigenvalue weighted by molar-refractivity contribution is 5.97. The van der Waals surface area contributed by atoms with Gasteiger partial charge in [0.1, 0.15) is 17.0 Å². The lowest BCUT2D eigenvalue weighted by Crippen LogP contribution is -2.49. The number of carbonyl (C=O) groups is 1. The summed E-state index contributed by atoms with van der Waals surface area (Å²) in [6.45, 7) is 8.69. The minimum Gasteiger partial charge on any atom is -0.353 e. The number of nitrogens with zero attached hydrogens (tertiary/aromatic N) is 7. The maximum Gasteiger partial charge on any atom is 0.259 e. The van der Waals surface area contributed by atoms with Gasteiger partial charge >= 0.3 is 0 Å². The van der Waals surface area contributed by atoms with E-state index in [1.807, 2.05) is 37.5 Å². The Morgan fingerprint density at radius 1 is 1.06 bits per heavy atom. The summed E-state index contributed by atoms with van der Waals surface area (Å²) in [6, 6.07) is 7.40. The van der Waals surface area contributed by atoms with Gasteiger partial charge in [0.15, 0.2) is 0 Å². The summed E-state index contributed by atoms with van der Waals surface area (Å²) in [7, 11) is 0. The summed E-state index contributed by atoms with van der Waals surface area (Å²) in [5.41, 5.74) is 2.15. The highest BCUT2D eigenvalue weighted by Crippen LogP contribution is 2.20. The zero-order chi connectivity index (χ0) is 24.5. The lowest BCUT2D eigenvalue weighted by molar-refractivity contribution is 0.0744. The number of rotatable bonds is 5. The van der Waals surface area contributed by atoms with Crippen molar-refractivity contribution in [2.45, 2.75) is 33.7 Å². The van der Waals surface area contributed by atoms with Crippen LogP contribution in [0.15, 0.2) is 46.0 Å². The molecule has 1 fully saturated rings. The summed E-state index contributed by atoms with van der Waals surface area (Å²) >= 11 is 0. The van der Waals surface area contributed by atoms with Crippen molar-refractivity contribution in [2.24, 2.45) is 0 Å². The topological polar surface area (TPSA) is 110 Å². The van der Waals surface area contributed by atoms with Crippen molar-refractivity contribution in [3.63, 3.8) is 0 Å². The van der Waals surface area contributed by atoms with Crippen molar-refractivity contribution in [3.8, 4) is 11.4 Å². The minimum atomic E-state index is -0.269. The van der Waals surface area contributed by atoms with Crippen LogP contribution in [0.1, 0.15) is 35.8 Å². The normalized spacial score (nSPS) is 14.0. The monoisotopic (exact) mass is 473 g/mol. The zero-order valence-corrected chi connectivity index (χ0v) is 20.1. The molecule has 180 valence electrons. The number of carbonyl (C=O) groups excluding carboxylic acids is 1. The standard InChI is InChI=1S/C25H27N7O3/c1-4-21-28-23(29-35-21)17-7-9-20(26-14-17)31-10-12-32(13-11-31)25(34)19-15-30(5-2)24-18(22(19)33)8-6-16(3)27-24/h6-9,14-15H,4-5,10-13H2,1-3H3. The van der Waals surface area contributed by atoms with E-state index in [0.29, 0.717) is 61.9 Å². The van der Waals surface area contributed by atoms with Gasteiger partial charge in [-0.25, -0.2) is 9.97 Å². The van der Waals surface area contributed by atoms with Crippen LogP contribution in [-0.4, -0.2) is 61.7 Å². The first-order valence-corrected chi connectivity index (χ1v) is 11.8. The third kappa shape index (κ3) is 4.27. The van der Waals surface area contributed by atoms with Crippen molar-refractivity contribution in [2.75, 3.05) is 31.1 Å². The molecule has 35 heavy (non-hydrogen) atoms. The minimum absolute atomic E-state index is 0.187. The van der Waals surface area contributed by atoms with Crippen LogP contribution in [-0.2, 0) is 13.0 Å². The molecule has 4 aromatic heterocycles. The molecular formula is C25H27N7O3. The molecule has 1 amide bonds. The molecular weight excluding hydrogens is 446 g/mol. The lowest BCUT2D eigenvalue weighted by atomic mass is 10.1. The van der Waals surface area contributed by atoms with Gasteiger partial charge in [-0.1, -0.05) is 12.1 Å². The van der Waals surface area contributed by atoms with Crippen LogP contribution >= 0.6 is 0 Å². The molecule has 10 heteroatoms. The highest BCUT2D eigenvalue weighted by Gasteiger charge is 2.26. The number of hydrogen-bond donors (Lipinski definition) is 0. The average molecular weight is 474 g/mol. The molecule has 0 spiro atoms. The highest BCUT2D eigenvalue weighted by atomic mass is 16.5. The second kappa shape index (κ2) is 9.28. The van der Waals surface area contributed by atoms with Crippen LogP contribution in [0.25, 0.3) is 22.4 Å². The molecule has 0 radical (unpaired) electrons. The van der Waals surface area contributed by atoms with Gasteiger partial charge in [0.2, 0.25) is 17.1 Å². The molecule has 0 bridgehead atoms. The third-order valence-electron chi connectivity index (χ3n) is 6.30. The predicted molar refractivity (Wildman–Crippen MR) is 131 cm³/mol. The number of aryl methyl sites for hydroxylation is 3. The van der Waals surface area contributed by atoms with Crippen LogP contribution in [0.5, 0.6) is 0 Å². The summed E-state index contributed by atoms with van der Waals surface area (Å²) in [5.74, 6) is 1.69. The second-order valence-corrected chi connectivity index (χ2v) is 8.53. The van der Waals surface area contributed by atoms with Gasteiger partial charge in [-0.15, -0.1) is 0 Å². The first-order valence-electron chi connectivity index (χ1n) is 11.8. The Morgan fingerprint density at radius 2 is 1.86 bits per heavy atom. The molecule has 0 unspecified atom stereocenters. The number of hydrogen-bond acceptors (Lipinski definition) is 8. The van der Waals surface area contributed by atoms with Crippen LogP contribution < -0.4 is 10.3 Å². The van der Waals surface area contributed by atoms with Gasteiger partial charge < -0.3 is 18.9 Å². The van der Waals surface area contributed by atoms with Crippen LogP contribution in [0.2, 0.25) is 0 Å². The number of fused-ring (bicyclic) bond motifs is 1. The molecule has 0 N–H and O–H groups in total. The van der Waals surface area contributed by atoms with Gasteiger partial charge in [0.25, 0.3) is 5.91 Å². The number of piperazine rings is 1. The van der Waals surface area contributed by atoms with Gasteiger partial charge in [0, 0.05) is 62.8 Å². The Balaban J connectivity index is 1.30. The molecule has 1 aliphatic rings. The molecule has 5 heterocycles. The van der Waals surface area contributed by atoms with E-state index in [-0.39, 0.29) is 16.9 Å². The summed E-state index contributed by atoms with van der Waals surface area (Å²) < 4.78 is 7.04. The molecule has 4 aromatic rings. The molecule has 1 aliphatic heterocycles. The van der Waals surface area contributed by atoms with Crippen molar-refractivity contribution in [1.29, 1.82) is 0 Å². The van der Waals surface area contributed by atoms with Crippen LogP contribution in [0, 0.1) is 6.92 Å². The van der Waals surface area contributed by atoms with Gasteiger partial charge in [0.05, 0.1) is 5.39 Å². The van der Waals surface area contributed by atoms with Gasteiger partial charge in [-0.05, 0) is 38.1 Å². The largest absolute Gasteiger partial charge is 0.353 e. The molecule has 0 atom stereocenters. The van der Waals surface area contributed by atoms with E-state index in [2.05, 4.69) is 25.0 Å². The number of amides is 1. The second-order valence-electron chi connectivity index (χ2n) is 8.53. The average Bonchev–Trinajstić information content (AvgIpc) is 3.38. The van der Waals surface area contributed by atoms with Crippen LogP contribution in [0.4, 0.5) is 5.82 Å². The quantitative estimate of drug-likeness (QED) is 0.435. The van der Waals surface area contributed by atoms with Crippen molar-refractivity contribution in [1.82, 2.24) is 29.6 Å². The van der Waals surface area contributed by atoms with E-state index in [9.17, 15) is 9.59 Å². The van der Waals surface area contributed by atoms with Crippen molar-refractivity contribution < 1.29 is 9.32 Å². The molecule has 0 aromatic carbocycles. The smallest absolute Gasteiger partial charge is 0.259 e. The van der Waals surface area contributed by atoms with Gasteiger partial charge in [-0.3, -0.25) is 9.59 Å². The van der Waals surface area contributed by atoms with E-state index < -0.39 is 0 Å². The Morgan fingerprint density at radius 3 is 2.51 bits per heavy atom. The maximum absolute atomic E-state index is 13.3. The predicted octanol–water partition coefficient (Wildman–Crippen LogP) is 2.69. The SMILES string of the molecule is CCc1nc(-c2ccc(N3CCN(C(=O)c4cn(CC)c5nc(C)ccc5c4=O)CC3)nc2)no1. The number of anilines is 1. The van der Waals surface area contributed by atoms with E-state index in [1.54, 1.807) is 29.4 Å². The molecule has 0 saturated carbocycles. The first kappa shape index (κ1) is 22.7. The third-order valence-corrected chi connectivity index (χ3v) is 6.30. The fraction of sp³-hybridized carbons (Fsp3) is 0.360. The maximum atomic E-state index is 13.3. The molecule has 0 aliphatic carbocycles. The Labute approximate surface area is 202 Å². The Kier molecular flexibility index (Phi) is 6.02. The van der Waals surface area contributed by atoms with E-state index >= 15 is 0 Å². The first-order chi connectivity index (χ1) is 17.0. The van der Waals surface area contributed by atoms with Crippen LogP contribution in [0.3, 0.4) is 0 Å².